The molecule has 0 saturated carbocycles. The van der Waals surface area contributed by atoms with E-state index in [2.05, 4.69) is 4.98 Å². The van der Waals surface area contributed by atoms with Crippen LogP contribution < -0.4 is 5.73 Å². The highest BCUT2D eigenvalue weighted by Gasteiger charge is 2.21. The van der Waals surface area contributed by atoms with Gasteiger partial charge in [-0.15, -0.1) is 0 Å². The van der Waals surface area contributed by atoms with Crippen LogP contribution in [-0.4, -0.2) is 31.3 Å². The third kappa shape index (κ3) is 1.85. The molecule has 6 heteroatoms. The number of rotatable bonds is 3. The normalized spacial score (nSPS) is 11.9. The number of nitrogens with two attached hydrogens (primary N) is 1. The maximum atomic E-state index is 11.8. The Kier molecular flexibility index (Phi) is 3.07. The molecule has 2 N–H and O–H groups in total. The summed E-state index contributed by atoms with van der Waals surface area (Å²) in [5.74, 6) is 0. The van der Waals surface area contributed by atoms with Crippen molar-refractivity contribution in [3.05, 3.63) is 18.5 Å². The van der Waals surface area contributed by atoms with Crippen LogP contribution in [0.25, 0.3) is 0 Å². The lowest BCUT2D eigenvalue weighted by Crippen LogP contribution is -2.27. The van der Waals surface area contributed by atoms with Crippen LogP contribution in [-0.2, 0) is 10.0 Å². The van der Waals surface area contributed by atoms with Crippen LogP contribution in [0.15, 0.2) is 23.4 Å². The Hall–Kier alpha value is -1.14. The molecule has 0 fully saturated rings. The topological polar surface area (TPSA) is 76.3 Å². The van der Waals surface area contributed by atoms with Gasteiger partial charge in [0, 0.05) is 26.0 Å². The number of nitrogens with zero attached hydrogens (tertiary/aromatic N) is 2. The lowest BCUT2D eigenvalue weighted by Gasteiger charge is -2.15. The highest BCUT2D eigenvalue weighted by molar-refractivity contribution is 7.89. The first kappa shape index (κ1) is 10.9. The molecule has 1 aromatic heterocycles. The quantitative estimate of drug-likeness (QED) is 0.787. The molecule has 0 radical (unpaired) electrons. The molecule has 0 aliphatic heterocycles. The number of sulfonamides is 1. The predicted molar refractivity (Wildman–Crippen MR) is 54.1 cm³/mol. The second-order valence-electron chi connectivity index (χ2n) is 2.83. The molecule has 0 aliphatic carbocycles. The Balaban J connectivity index is 3.24. The van der Waals surface area contributed by atoms with Crippen molar-refractivity contribution in [1.82, 2.24) is 9.29 Å². The second kappa shape index (κ2) is 3.93. The van der Waals surface area contributed by atoms with E-state index >= 15 is 0 Å². The molecule has 1 heterocycles. The molecular formula is C8H13N3O2S. The van der Waals surface area contributed by atoms with E-state index in [9.17, 15) is 8.42 Å². The first-order valence-electron chi connectivity index (χ1n) is 4.16. The maximum Gasteiger partial charge on any atom is 0.246 e. The van der Waals surface area contributed by atoms with Crippen LogP contribution >= 0.6 is 0 Å². The van der Waals surface area contributed by atoms with Crippen molar-refractivity contribution >= 4 is 15.7 Å². The summed E-state index contributed by atoms with van der Waals surface area (Å²) in [7, 11) is -1.97. The van der Waals surface area contributed by atoms with E-state index in [1.807, 2.05) is 0 Å². The summed E-state index contributed by atoms with van der Waals surface area (Å²) in [6, 6.07) is 1.47. The van der Waals surface area contributed by atoms with Crippen molar-refractivity contribution < 1.29 is 8.42 Å². The first-order valence-corrected chi connectivity index (χ1v) is 5.60. The van der Waals surface area contributed by atoms with Gasteiger partial charge in [0.05, 0.1) is 5.69 Å². The predicted octanol–water partition coefficient (Wildman–Crippen LogP) is 0.304. The maximum absolute atomic E-state index is 11.8. The Bertz CT molecular complexity index is 416. The smallest absolute Gasteiger partial charge is 0.246 e. The second-order valence-corrected chi connectivity index (χ2v) is 4.85. The van der Waals surface area contributed by atoms with Gasteiger partial charge in [0.15, 0.2) is 0 Å². The average molecular weight is 215 g/mol. The van der Waals surface area contributed by atoms with Gasteiger partial charge >= 0.3 is 0 Å². The summed E-state index contributed by atoms with van der Waals surface area (Å²) in [5.41, 5.74) is 5.78. The van der Waals surface area contributed by atoms with E-state index < -0.39 is 10.0 Å². The van der Waals surface area contributed by atoms with Gasteiger partial charge in [0.1, 0.15) is 4.90 Å². The van der Waals surface area contributed by atoms with E-state index in [0.717, 1.165) is 0 Å². The monoisotopic (exact) mass is 215 g/mol. The molecule has 0 atom stereocenters. The van der Waals surface area contributed by atoms with Crippen LogP contribution in [0.1, 0.15) is 6.92 Å². The summed E-state index contributed by atoms with van der Waals surface area (Å²) in [6.07, 6.45) is 2.72. The zero-order valence-corrected chi connectivity index (χ0v) is 8.95. The van der Waals surface area contributed by atoms with E-state index in [0.29, 0.717) is 6.54 Å². The molecule has 0 unspecified atom stereocenters. The molecule has 0 bridgehead atoms. The Labute approximate surface area is 83.6 Å². The van der Waals surface area contributed by atoms with Gasteiger partial charge in [-0.25, -0.2) is 12.7 Å². The number of hydrogen-bond acceptors (Lipinski definition) is 4. The SMILES string of the molecule is CCN(C)S(=O)(=O)c1cnccc1N. The summed E-state index contributed by atoms with van der Waals surface area (Å²) in [4.78, 5) is 3.80. The Morgan fingerprint density at radius 2 is 2.21 bits per heavy atom. The lowest BCUT2D eigenvalue weighted by molar-refractivity contribution is 0.486. The molecule has 0 amide bonds. The molecule has 0 saturated heterocycles. The molecule has 78 valence electrons. The standard InChI is InChI=1S/C8H13N3O2S/c1-3-11(2)14(12,13)8-6-10-5-4-7(8)9/h4-6H,3H2,1-2H3,(H2,9,10). The van der Waals surface area contributed by atoms with E-state index in [4.69, 9.17) is 5.73 Å². The van der Waals surface area contributed by atoms with Crippen molar-refractivity contribution in [1.29, 1.82) is 0 Å². The van der Waals surface area contributed by atoms with Gasteiger partial charge in [0.2, 0.25) is 10.0 Å². The zero-order valence-electron chi connectivity index (χ0n) is 8.14. The van der Waals surface area contributed by atoms with E-state index in [1.165, 1.54) is 29.8 Å². The van der Waals surface area contributed by atoms with Crippen molar-refractivity contribution in [3.8, 4) is 0 Å². The minimum Gasteiger partial charge on any atom is -0.398 e. The third-order valence-corrected chi connectivity index (χ3v) is 3.93. The van der Waals surface area contributed by atoms with E-state index in [1.54, 1.807) is 6.92 Å². The first-order chi connectivity index (χ1) is 6.50. The number of nitrogen functional groups attached to an aromatic ring is 1. The van der Waals surface area contributed by atoms with Gasteiger partial charge in [-0.05, 0) is 6.07 Å². The van der Waals surface area contributed by atoms with Crippen LogP contribution in [0.4, 0.5) is 5.69 Å². The summed E-state index contributed by atoms with van der Waals surface area (Å²) < 4.78 is 24.8. The summed E-state index contributed by atoms with van der Waals surface area (Å²) in [6.45, 7) is 2.15. The fourth-order valence-corrected chi connectivity index (χ4v) is 2.18. The third-order valence-electron chi connectivity index (χ3n) is 1.95. The van der Waals surface area contributed by atoms with Gasteiger partial charge < -0.3 is 5.73 Å². The Morgan fingerprint density at radius 1 is 1.57 bits per heavy atom. The van der Waals surface area contributed by atoms with Gasteiger partial charge in [-0.1, -0.05) is 6.92 Å². The van der Waals surface area contributed by atoms with Crippen LogP contribution in [0.3, 0.4) is 0 Å². The highest BCUT2D eigenvalue weighted by atomic mass is 32.2. The molecule has 1 aromatic rings. The minimum atomic E-state index is -3.47. The summed E-state index contributed by atoms with van der Waals surface area (Å²) >= 11 is 0. The zero-order chi connectivity index (χ0) is 10.8. The van der Waals surface area contributed by atoms with Crippen molar-refractivity contribution in [2.45, 2.75) is 11.8 Å². The number of anilines is 1. The van der Waals surface area contributed by atoms with Crippen molar-refractivity contribution in [2.24, 2.45) is 0 Å². The van der Waals surface area contributed by atoms with Crippen molar-refractivity contribution in [3.63, 3.8) is 0 Å². The molecule has 14 heavy (non-hydrogen) atoms. The fourth-order valence-electron chi connectivity index (χ4n) is 0.944. The fraction of sp³-hybridized carbons (Fsp3) is 0.375. The van der Waals surface area contributed by atoms with Crippen LogP contribution in [0, 0.1) is 0 Å². The van der Waals surface area contributed by atoms with Crippen LogP contribution in [0.2, 0.25) is 0 Å². The van der Waals surface area contributed by atoms with Crippen molar-refractivity contribution in [2.75, 3.05) is 19.3 Å². The van der Waals surface area contributed by atoms with Crippen LogP contribution in [0.5, 0.6) is 0 Å². The molecule has 0 aromatic carbocycles. The largest absolute Gasteiger partial charge is 0.398 e. The molecule has 0 aliphatic rings. The molecular weight excluding hydrogens is 202 g/mol. The molecule has 1 rings (SSSR count). The van der Waals surface area contributed by atoms with Gasteiger partial charge in [-0.2, -0.15) is 0 Å². The Morgan fingerprint density at radius 3 is 2.71 bits per heavy atom. The molecule has 5 nitrogen and oxygen atoms in total. The van der Waals surface area contributed by atoms with E-state index in [-0.39, 0.29) is 10.6 Å². The van der Waals surface area contributed by atoms with Gasteiger partial charge in [-0.3, -0.25) is 4.98 Å². The number of pyridine rings is 1. The molecule has 0 spiro atoms. The summed E-state index contributed by atoms with van der Waals surface area (Å²) in [5, 5.41) is 0. The average Bonchev–Trinajstić information content (AvgIpc) is 2.17. The highest BCUT2D eigenvalue weighted by Crippen LogP contribution is 2.19. The van der Waals surface area contributed by atoms with Gasteiger partial charge in [0.25, 0.3) is 0 Å². The number of aromatic nitrogens is 1. The minimum absolute atomic E-state index is 0.0596. The number of hydrogen-bond donors (Lipinski definition) is 1. The lowest BCUT2D eigenvalue weighted by atomic mass is 10.4.